The number of aromatic nitrogens is 2. The van der Waals surface area contributed by atoms with Gasteiger partial charge in [0.25, 0.3) is 5.82 Å². The number of imidazole rings is 1. The molecule has 14 heavy (non-hydrogen) atoms. The molecule has 2 nitrogen and oxygen atoms in total. The van der Waals surface area contributed by atoms with E-state index in [1.807, 2.05) is 0 Å². The first-order chi connectivity index (χ1) is 6.74. The number of nitrogens with one attached hydrogen (secondary N) is 1. The fraction of sp³-hybridized carbons (Fsp3) is 0.417. The van der Waals surface area contributed by atoms with Crippen LogP contribution in [0.3, 0.4) is 0 Å². The van der Waals surface area contributed by atoms with Crippen molar-refractivity contribution < 1.29 is 4.57 Å². The smallest absolute Gasteiger partial charge is 0.241 e. The summed E-state index contributed by atoms with van der Waals surface area (Å²) in [6.45, 7) is 7.65. The van der Waals surface area contributed by atoms with Gasteiger partial charge in [0, 0.05) is 0 Å². The molecule has 1 N–H and O–H groups in total. The van der Waals surface area contributed by atoms with E-state index in [1.165, 1.54) is 16.9 Å². The Hall–Kier alpha value is -1.31. The van der Waals surface area contributed by atoms with Crippen LogP contribution >= 0.6 is 0 Å². The highest BCUT2D eigenvalue weighted by Crippen LogP contribution is 2.14. The molecule has 2 heteroatoms. The summed E-state index contributed by atoms with van der Waals surface area (Å²) >= 11 is 0. The van der Waals surface area contributed by atoms with Gasteiger partial charge in [-0.15, -0.1) is 0 Å². The monoisotopic (exact) mass is 189 g/mol. The van der Waals surface area contributed by atoms with Crippen LogP contribution in [0.2, 0.25) is 0 Å². The average Bonchev–Trinajstić information content (AvgIpc) is 2.56. The molecule has 0 atom stereocenters. The summed E-state index contributed by atoms with van der Waals surface area (Å²) < 4.78 is 2.35. The molecule has 0 saturated carbocycles. The first-order valence-corrected chi connectivity index (χ1v) is 5.24. The summed E-state index contributed by atoms with van der Waals surface area (Å²) in [5.41, 5.74) is 2.54. The van der Waals surface area contributed by atoms with Crippen LogP contribution in [-0.2, 0) is 6.54 Å². The van der Waals surface area contributed by atoms with E-state index in [4.69, 9.17) is 0 Å². The Kier molecular flexibility index (Phi) is 2.28. The summed E-state index contributed by atoms with van der Waals surface area (Å²) in [4.78, 5) is 3.48. The Labute approximate surface area is 84.6 Å². The number of para-hydroxylation sites is 2. The summed E-state index contributed by atoms with van der Waals surface area (Å²) in [6, 6.07) is 8.46. The second-order valence-corrected chi connectivity index (χ2v) is 3.93. The molecule has 0 radical (unpaired) electrons. The van der Waals surface area contributed by atoms with Gasteiger partial charge in [0.2, 0.25) is 0 Å². The van der Waals surface area contributed by atoms with E-state index in [2.05, 4.69) is 54.6 Å². The molecule has 2 rings (SSSR count). The van der Waals surface area contributed by atoms with Gasteiger partial charge in [0.15, 0.2) is 11.0 Å². The maximum absolute atomic E-state index is 3.48. The van der Waals surface area contributed by atoms with Crippen molar-refractivity contribution >= 4 is 11.0 Å². The Bertz CT molecular complexity index is 441. The SMILES string of the molecule is CC[n+]1c(C(C)C)[nH]c2ccccc21. The number of benzene rings is 1. The number of aryl methyl sites for hydroxylation is 1. The second-order valence-electron chi connectivity index (χ2n) is 3.93. The highest BCUT2D eigenvalue weighted by molar-refractivity contribution is 5.71. The molecule has 74 valence electrons. The molecule has 0 unspecified atom stereocenters. The average molecular weight is 189 g/mol. The van der Waals surface area contributed by atoms with E-state index in [0.29, 0.717) is 5.92 Å². The fourth-order valence-electron chi connectivity index (χ4n) is 1.95. The molecule has 0 bridgehead atoms. The molecule has 0 spiro atoms. The number of rotatable bonds is 2. The van der Waals surface area contributed by atoms with E-state index >= 15 is 0 Å². The maximum Gasteiger partial charge on any atom is 0.257 e. The van der Waals surface area contributed by atoms with Gasteiger partial charge in [-0.2, -0.15) is 0 Å². The van der Waals surface area contributed by atoms with E-state index in [0.717, 1.165) is 6.54 Å². The zero-order chi connectivity index (χ0) is 10.1. The minimum absolute atomic E-state index is 0.544. The molecule has 0 fully saturated rings. The summed E-state index contributed by atoms with van der Waals surface area (Å²) in [5, 5.41) is 0. The molecule has 0 aliphatic heterocycles. The molecular formula is C12H17N2+. The molecule has 2 aromatic rings. The molecule has 1 heterocycles. The van der Waals surface area contributed by atoms with Crippen LogP contribution in [0.15, 0.2) is 24.3 Å². The molecule has 0 aliphatic rings. The zero-order valence-electron chi connectivity index (χ0n) is 9.04. The van der Waals surface area contributed by atoms with Crippen molar-refractivity contribution in [2.45, 2.75) is 33.2 Å². The quantitative estimate of drug-likeness (QED) is 0.701. The van der Waals surface area contributed by atoms with Crippen molar-refractivity contribution in [1.82, 2.24) is 4.98 Å². The van der Waals surface area contributed by atoms with Crippen LogP contribution in [0, 0.1) is 0 Å². The minimum Gasteiger partial charge on any atom is -0.241 e. The predicted octanol–water partition coefficient (Wildman–Crippen LogP) is 2.60. The highest BCUT2D eigenvalue weighted by atomic mass is 15.1. The van der Waals surface area contributed by atoms with Crippen molar-refractivity contribution in [2.24, 2.45) is 0 Å². The van der Waals surface area contributed by atoms with Gasteiger partial charge < -0.3 is 0 Å². The minimum atomic E-state index is 0.544. The van der Waals surface area contributed by atoms with Crippen LogP contribution in [0.1, 0.15) is 32.5 Å². The van der Waals surface area contributed by atoms with Gasteiger partial charge in [-0.1, -0.05) is 26.0 Å². The third-order valence-electron chi connectivity index (χ3n) is 2.61. The highest BCUT2D eigenvalue weighted by Gasteiger charge is 2.18. The van der Waals surface area contributed by atoms with Crippen LogP contribution < -0.4 is 4.57 Å². The van der Waals surface area contributed by atoms with Gasteiger partial charge in [-0.3, -0.25) is 0 Å². The Morgan fingerprint density at radius 2 is 2.00 bits per heavy atom. The van der Waals surface area contributed by atoms with E-state index in [1.54, 1.807) is 0 Å². The van der Waals surface area contributed by atoms with Gasteiger partial charge in [-0.25, -0.2) is 9.55 Å². The lowest BCUT2D eigenvalue weighted by atomic mass is 10.2. The number of H-pyrrole nitrogens is 1. The van der Waals surface area contributed by atoms with Crippen LogP contribution in [-0.4, -0.2) is 4.98 Å². The number of hydrogen-bond donors (Lipinski definition) is 1. The van der Waals surface area contributed by atoms with Crippen LogP contribution in [0.5, 0.6) is 0 Å². The summed E-state index contributed by atoms with van der Waals surface area (Å²) in [7, 11) is 0. The van der Waals surface area contributed by atoms with Crippen LogP contribution in [0.4, 0.5) is 0 Å². The van der Waals surface area contributed by atoms with Gasteiger partial charge >= 0.3 is 0 Å². The van der Waals surface area contributed by atoms with E-state index < -0.39 is 0 Å². The normalized spacial score (nSPS) is 11.4. The third-order valence-corrected chi connectivity index (χ3v) is 2.61. The first-order valence-electron chi connectivity index (χ1n) is 5.24. The zero-order valence-corrected chi connectivity index (χ0v) is 9.04. The molecule has 1 aromatic carbocycles. The summed E-state index contributed by atoms with van der Waals surface area (Å²) in [6.07, 6.45) is 0. The molecule has 0 aliphatic carbocycles. The number of hydrogen-bond acceptors (Lipinski definition) is 0. The fourth-order valence-corrected chi connectivity index (χ4v) is 1.95. The lowest BCUT2D eigenvalue weighted by Crippen LogP contribution is -2.36. The van der Waals surface area contributed by atoms with Crippen molar-refractivity contribution in [3.63, 3.8) is 0 Å². The largest absolute Gasteiger partial charge is 0.257 e. The van der Waals surface area contributed by atoms with Gasteiger partial charge in [0.05, 0.1) is 12.5 Å². The molecular weight excluding hydrogens is 172 g/mol. The molecule has 0 amide bonds. The van der Waals surface area contributed by atoms with Crippen molar-refractivity contribution in [3.8, 4) is 0 Å². The Balaban J connectivity index is 2.72. The second kappa shape index (κ2) is 3.45. The standard InChI is InChI=1S/C12H16N2/c1-4-14-11-8-6-5-7-10(11)13-12(14)9(2)3/h5-9H,4H2,1-3H3/p+1. The van der Waals surface area contributed by atoms with Crippen molar-refractivity contribution in [2.75, 3.05) is 0 Å². The molecule has 1 aromatic heterocycles. The topological polar surface area (TPSA) is 19.7 Å². The lowest BCUT2D eigenvalue weighted by Gasteiger charge is -1.99. The van der Waals surface area contributed by atoms with Gasteiger partial charge in [-0.05, 0) is 19.1 Å². The van der Waals surface area contributed by atoms with E-state index in [9.17, 15) is 0 Å². The third kappa shape index (κ3) is 1.31. The van der Waals surface area contributed by atoms with E-state index in [-0.39, 0.29) is 0 Å². The molecule has 0 saturated heterocycles. The predicted molar refractivity (Wildman–Crippen MR) is 58.3 cm³/mol. The number of aromatic amines is 1. The van der Waals surface area contributed by atoms with Gasteiger partial charge in [0.1, 0.15) is 0 Å². The Morgan fingerprint density at radius 1 is 1.29 bits per heavy atom. The van der Waals surface area contributed by atoms with Crippen molar-refractivity contribution in [1.29, 1.82) is 0 Å². The number of fused-ring (bicyclic) bond motifs is 1. The number of nitrogens with zero attached hydrogens (tertiary/aromatic N) is 1. The Morgan fingerprint density at radius 3 is 2.64 bits per heavy atom. The van der Waals surface area contributed by atoms with Crippen molar-refractivity contribution in [3.05, 3.63) is 30.1 Å². The maximum atomic E-state index is 3.48. The summed E-state index contributed by atoms with van der Waals surface area (Å²) in [5.74, 6) is 1.86. The van der Waals surface area contributed by atoms with Crippen LogP contribution in [0.25, 0.3) is 11.0 Å². The lowest BCUT2D eigenvalue weighted by molar-refractivity contribution is -0.676. The first kappa shape index (κ1) is 9.25.